The van der Waals surface area contributed by atoms with Gasteiger partial charge in [0.05, 0.1) is 13.2 Å². The van der Waals surface area contributed by atoms with E-state index in [1.54, 1.807) is 0 Å². The molecule has 0 saturated heterocycles. The van der Waals surface area contributed by atoms with Crippen LogP contribution in [0, 0.1) is 0 Å². The van der Waals surface area contributed by atoms with Crippen molar-refractivity contribution in [1.29, 1.82) is 0 Å². The minimum atomic E-state index is 0.620. The van der Waals surface area contributed by atoms with E-state index < -0.39 is 0 Å². The van der Waals surface area contributed by atoms with Crippen molar-refractivity contribution in [3.05, 3.63) is 48.5 Å². The van der Waals surface area contributed by atoms with Gasteiger partial charge in [0.2, 0.25) is 0 Å². The van der Waals surface area contributed by atoms with Crippen LogP contribution in [0.4, 0.5) is 0 Å². The van der Waals surface area contributed by atoms with Crippen molar-refractivity contribution < 1.29 is 9.47 Å². The fourth-order valence-electron chi connectivity index (χ4n) is 2.16. The van der Waals surface area contributed by atoms with Crippen LogP contribution in [-0.4, -0.2) is 22.7 Å². The van der Waals surface area contributed by atoms with E-state index in [1.807, 2.05) is 12.1 Å². The highest BCUT2D eigenvalue weighted by Gasteiger charge is 2.03. The van der Waals surface area contributed by atoms with Gasteiger partial charge in [-0.1, -0.05) is 61.3 Å². The smallest absolute Gasteiger partial charge is 0.121 e. The molecule has 0 bridgehead atoms. The zero-order valence-corrected chi connectivity index (χ0v) is 15.2. The Morgan fingerprint density at radius 3 is 1.65 bits per heavy atom. The topological polar surface area (TPSA) is 18.5 Å². The molecule has 0 N–H and O–H groups in total. The molecule has 0 spiro atoms. The molecule has 2 aromatic carbocycles. The molecule has 0 aliphatic carbocycles. The second kappa shape index (κ2) is 10.1. The molecule has 0 heterocycles. The Bertz CT molecular complexity index is 532. The largest absolute Gasteiger partial charge is 0.494 e. The fraction of sp³-hybridized carbons (Fsp3) is 0.400. The lowest BCUT2D eigenvalue weighted by Gasteiger charge is -2.09. The maximum atomic E-state index is 5.79. The average Bonchev–Trinajstić information content (AvgIpc) is 2.56. The first-order valence-corrected chi connectivity index (χ1v) is 9.54. The molecule has 0 amide bonds. The molecule has 2 radical (unpaired) electrons. The first-order chi connectivity index (χ1) is 11.3. The van der Waals surface area contributed by atoms with Crippen LogP contribution in [0.1, 0.15) is 39.5 Å². The van der Waals surface area contributed by atoms with E-state index in [4.69, 9.17) is 9.47 Å². The van der Waals surface area contributed by atoms with Gasteiger partial charge in [-0.05, 0) is 37.1 Å². The molecule has 2 nitrogen and oxygen atoms in total. The summed E-state index contributed by atoms with van der Waals surface area (Å²) in [4.78, 5) is 0. The van der Waals surface area contributed by atoms with Crippen molar-refractivity contribution in [3.63, 3.8) is 0 Å². The summed E-state index contributed by atoms with van der Waals surface area (Å²) in [6.07, 6.45) is 4.52. The average molecular weight is 327 g/mol. The second-order valence-corrected chi connectivity index (χ2v) is 6.99. The minimum absolute atomic E-state index is 0.620. The zero-order chi connectivity index (χ0) is 16.3. The number of benzene rings is 2. The van der Waals surface area contributed by atoms with E-state index in [1.165, 1.54) is 10.4 Å². The Kier molecular flexibility index (Phi) is 7.74. The summed E-state index contributed by atoms with van der Waals surface area (Å²) >= 11 is 0. The van der Waals surface area contributed by atoms with Gasteiger partial charge in [0.1, 0.15) is 21.0 Å². The van der Waals surface area contributed by atoms with Crippen molar-refractivity contribution in [2.45, 2.75) is 39.5 Å². The second-order valence-electron chi connectivity index (χ2n) is 5.58. The molecule has 122 valence electrons. The van der Waals surface area contributed by atoms with Gasteiger partial charge in [-0.25, -0.2) is 0 Å². The Balaban J connectivity index is 1.95. The first kappa shape index (κ1) is 17.6. The van der Waals surface area contributed by atoms with E-state index in [9.17, 15) is 0 Å². The van der Waals surface area contributed by atoms with Crippen LogP contribution in [0.2, 0.25) is 0 Å². The number of hydrogen-bond donors (Lipinski definition) is 0. The van der Waals surface area contributed by atoms with Gasteiger partial charge in [0.15, 0.2) is 0 Å². The van der Waals surface area contributed by atoms with E-state index >= 15 is 0 Å². The van der Waals surface area contributed by atoms with Gasteiger partial charge < -0.3 is 9.47 Å². The molecule has 23 heavy (non-hydrogen) atoms. The van der Waals surface area contributed by atoms with Crippen LogP contribution >= 0.6 is 0 Å². The van der Waals surface area contributed by atoms with Gasteiger partial charge in [-0.2, -0.15) is 0 Å². The van der Waals surface area contributed by atoms with Gasteiger partial charge >= 0.3 is 0 Å². The lowest BCUT2D eigenvalue weighted by molar-refractivity contribution is 0.309. The Hall–Kier alpha value is -1.74. The predicted molar refractivity (Wildman–Crippen MR) is 98.7 cm³/mol. The molecule has 0 aromatic heterocycles. The van der Waals surface area contributed by atoms with Crippen LogP contribution in [0.15, 0.2) is 48.5 Å². The lowest BCUT2D eigenvalue weighted by Crippen LogP contribution is -2.27. The molecule has 2 rings (SSSR count). The van der Waals surface area contributed by atoms with E-state index in [0.29, 0.717) is 9.52 Å². The third-order valence-corrected chi connectivity index (χ3v) is 4.69. The summed E-state index contributed by atoms with van der Waals surface area (Å²) in [6.45, 7) is 5.95. The van der Waals surface area contributed by atoms with Crippen molar-refractivity contribution in [1.82, 2.24) is 0 Å². The highest BCUT2D eigenvalue weighted by atomic mass is 28.2. The summed E-state index contributed by atoms with van der Waals surface area (Å²) in [5.41, 5.74) is 0. The van der Waals surface area contributed by atoms with Crippen LogP contribution in [0.3, 0.4) is 0 Å². The molecule has 0 aliphatic heterocycles. The van der Waals surface area contributed by atoms with Crippen molar-refractivity contribution in [2.24, 2.45) is 0 Å². The molecular formula is C20H26O2Si. The third kappa shape index (κ3) is 6.49. The molecule has 0 aliphatic rings. The molecule has 0 unspecified atom stereocenters. The van der Waals surface area contributed by atoms with Crippen LogP contribution in [0.25, 0.3) is 0 Å². The summed E-state index contributed by atoms with van der Waals surface area (Å²) in [5, 5.41) is 2.59. The number of hydrogen-bond acceptors (Lipinski definition) is 2. The van der Waals surface area contributed by atoms with Crippen LogP contribution in [0.5, 0.6) is 11.5 Å². The summed E-state index contributed by atoms with van der Waals surface area (Å²) in [5.74, 6) is 1.94. The van der Waals surface area contributed by atoms with Crippen LogP contribution < -0.4 is 19.8 Å². The van der Waals surface area contributed by atoms with E-state index in [-0.39, 0.29) is 0 Å². The standard InChI is InChI=1S/C20H26O2Si/c1-3-5-13-21-17-9-7-11-19(15-17)23-20-12-8-10-18(16-20)22-14-6-4-2/h7-12,15-16H,3-6,13-14H2,1-2H3. The fourth-order valence-corrected chi connectivity index (χ4v) is 3.28. The SMILES string of the molecule is CCCCOc1cccc([Si]c2cccc(OCCCC)c2)c1. The summed E-state index contributed by atoms with van der Waals surface area (Å²) in [6, 6.07) is 16.8. The number of rotatable bonds is 10. The maximum Gasteiger partial charge on any atom is 0.121 e. The van der Waals surface area contributed by atoms with Gasteiger partial charge in [-0.15, -0.1) is 0 Å². The molecule has 0 fully saturated rings. The van der Waals surface area contributed by atoms with Crippen molar-refractivity contribution in [2.75, 3.05) is 13.2 Å². The Labute approximate surface area is 142 Å². The molecule has 3 heteroatoms. The predicted octanol–water partition coefficient (Wildman–Crippen LogP) is 3.70. The zero-order valence-electron chi connectivity index (χ0n) is 14.2. The van der Waals surface area contributed by atoms with Crippen LogP contribution in [-0.2, 0) is 0 Å². The summed E-state index contributed by atoms with van der Waals surface area (Å²) in [7, 11) is 0.620. The maximum absolute atomic E-state index is 5.79. The lowest BCUT2D eigenvalue weighted by atomic mass is 10.3. The minimum Gasteiger partial charge on any atom is -0.494 e. The molecule has 0 atom stereocenters. The normalized spacial score (nSPS) is 10.5. The Morgan fingerprint density at radius 1 is 0.739 bits per heavy atom. The molecule has 2 aromatic rings. The van der Waals surface area contributed by atoms with Crippen molar-refractivity contribution in [3.8, 4) is 11.5 Å². The van der Waals surface area contributed by atoms with Gasteiger partial charge in [0.25, 0.3) is 0 Å². The van der Waals surface area contributed by atoms with E-state index in [2.05, 4.69) is 50.2 Å². The molecule has 0 saturated carbocycles. The monoisotopic (exact) mass is 326 g/mol. The van der Waals surface area contributed by atoms with E-state index in [0.717, 1.165) is 50.4 Å². The third-order valence-electron chi connectivity index (χ3n) is 3.49. The number of unbranched alkanes of at least 4 members (excludes halogenated alkanes) is 2. The highest BCUT2D eigenvalue weighted by Crippen LogP contribution is 2.10. The molecular weight excluding hydrogens is 300 g/mol. The van der Waals surface area contributed by atoms with Crippen molar-refractivity contribution >= 4 is 19.9 Å². The van der Waals surface area contributed by atoms with Gasteiger partial charge in [0, 0.05) is 0 Å². The summed E-state index contributed by atoms with van der Waals surface area (Å²) < 4.78 is 11.6. The number of ether oxygens (including phenoxy) is 2. The Morgan fingerprint density at radius 2 is 1.22 bits per heavy atom. The first-order valence-electron chi connectivity index (χ1n) is 8.54. The van der Waals surface area contributed by atoms with Gasteiger partial charge in [-0.3, -0.25) is 0 Å². The quantitative estimate of drug-likeness (QED) is 0.489. The highest BCUT2D eigenvalue weighted by molar-refractivity contribution is 6.67.